The fraction of sp³-hybridized carbons (Fsp3) is 0.273. The lowest BCUT2D eigenvalue weighted by molar-refractivity contribution is -0.115. The van der Waals surface area contributed by atoms with E-state index in [9.17, 15) is 9.59 Å². The first-order chi connectivity index (χ1) is 14.9. The van der Waals surface area contributed by atoms with Gasteiger partial charge in [-0.15, -0.1) is 0 Å². The number of thioether (sulfide) groups is 1. The molecule has 2 amide bonds. The SMILES string of the molecule is CCCNc1nc2cc(-c3ccc(C=C4SC(=O)NC4=O)cn3)cc(OC(C)C)c2o1. The van der Waals surface area contributed by atoms with Gasteiger partial charge in [-0.25, -0.2) is 0 Å². The molecule has 0 aliphatic carbocycles. The predicted molar refractivity (Wildman–Crippen MR) is 121 cm³/mol. The van der Waals surface area contributed by atoms with Crippen LogP contribution in [-0.4, -0.2) is 33.8 Å². The van der Waals surface area contributed by atoms with Crippen LogP contribution in [0.1, 0.15) is 32.8 Å². The number of oxazole rings is 1. The summed E-state index contributed by atoms with van der Waals surface area (Å²) in [6, 6.07) is 7.94. The summed E-state index contributed by atoms with van der Waals surface area (Å²) in [6.07, 6.45) is 4.22. The van der Waals surface area contributed by atoms with Gasteiger partial charge in [0, 0.05) is 18.3 Å². The van der Waals surface area contributed by atoms with Gasteiger partial charge in [0.15, 0.2) is 11.3 Å². The Labute approximate surface area is 183 Å². The minimum absolute atomic E-state index is 0.0321. The average molecular weight is 439 g/mol. The van der Waals surface area contributed by atoms with Crippen LogP contribution in [0.3, 0.4) is 0 Å². The number of amides is 2. The normalized spacial score (nSPS) is 15.2. The maximum Gasteiger partial charge on any atom is 0.295 e. The van der Waals surface area contributed by atoms with E-state index in [-0.39, 0.29) is 11.3 Å². The minimum atomic E-state index is -0.390. The molecule has 4 rings (SSSR count). The third kappa shape index (κ3) is 4.72. The number of carbonyl (C=O) groups excluding carboxylic acids is 2. The summed E-state index contributed by atoms with van der Waals surface area (Å²) in [5, 5.41) is 5.03. The van der Waals surface area contributed by atoms with Crippen LogP contribution in [0.15, 0.2) is 39.8 Å². The largest absolute Gasteiger partial charge is 0.487 e. The Morgan fingerprint density at radius 3 is 2.77 bits per heavy atom. The first-order valence-corrected chi connectivity index (χ1v) is 10.8. The maximum atomic E-state index is 11.7. The van der Waals surface area contributed by atoms with Gasteiger partial charge in [0.05, 0.1) is 16.7 Å². The molecule has 1 aliphatic heterocycles. The second-order valence-electron chi connectivity index (χ2n) is 7.26. The lowest BCUT2D eigenvalue weighted by Crippen LogP contribution is -2.17. The van der Waals surface area contributed by atoms with Crippen LogP contribution < -0.4 is 15.4 Å². The van der Waals surface area contributed by atoms with E-state index in [2.05, 4.69) is 27.5 Å². The molecule has 1 aromatic carbocycles. The average Bonchev–Trinajstić information content (AvgIpc) is 3.28. The smallest absolute Gasteiger partial charge is 0.295 e. The maximum absolute atomic E-state index is 11.7. The molecule has 160 valence electrons. The number of pyridine rings is 1. The van der Waals surface area contributed by atoms with Gasteiger partial charge in [-0.3, -0.25) is 19.9 Å². The molecule has 3 heterocycles. The van der Waals surface area contributed by atoms with Gasteiger partial charge in [-0.1, -0.05) is 13.0 Å². The van der Waals surface area contributed by atoms with Gasteiger partial charge in [0.1, 0.15) is 5.52 Å². The van der Waals surface area contributed by atoms with Gasteiger partial charge in [-0.05, 0) is 61.9 Å². The zero-order chi connectivity index (χ0) is 22.0. The van der Waals surface area contributed by atoms with Crippen LogP contribution in [0.2, 0.25) is 0 Å². The molecule has 2 N–H and O–H groups in total. The third-order valence-corrected chi connectivity index (χ3v) is 5.18. The summed E-state index contributed by atoms with van der Waals surface area (Å²) in [6.45, 7) is 6.74. The first-order valence-electron chi connectivity index (χ1n) is 9.99. The summed E-state index contributed by atoms with van der Waals surface area (Å²) < 4.78 is 11.8. The summed E-state index contributed by atoms with van der Waals surface area (Å²) in [5.41, 5.74) is 3.55. The molecule has 8 nitrogen and oxygen atoms in total. The number of aromatic nitrogens is 2. The Balaban J connectivity index is 1.67. The van der Waals surface area contributed by atoms with E-state index in [4.69, 9.17) is 9.15 Å². The number of fused-ring (bicyclic) bond motifs is 1. The fourth-order valence-corrected chi connectivity index (χ4v) is 3.72. The van der Waals surface area contributed by atoms with E-state index < -0.39 is 5.91 Å². The van der Waals surface area contributed by atoms with Gasteiger partial charge >= 0.3 is 0 Å². The molecule has 31 heavy (non-hydrogen) atoms. The molecule has 0 atom stereocenters. The van der Waals surface area contributed by atoms with Crippen LogP contribution in [-0.2, 0) is 4.79 Å². The number of benzene rings is 1. The minimum Gasteiger partial charge on any atom is -0.487 e. The molecule has 1 fully saturated rings. The second-order valence-corrected chi connectivity index (χ2v) is 8.28. The summed E-state index contributed by atoms with van der Waals surface area (Å²) in [5.74, 6) is 0.212. The second kappa shape index (κ2) is 8.81. The summed E-state index contributed by atoms with van der Waals surface area (Å²) in [7, 11) is 0. The molecule has 0 saturated carbocycles. The number of imide groups is 1. The molecular formula is C22H22N4O4S. The molecule has 9 heteroatoms. The van der Waals surface area contributed by atoms with E-state index in [0.717, 1.165) is 41.5 Å². The number of hydrogen-bond acceptors (Lipinski definition) is 8. The van der Waals surface area contributed by atoms with E-state index in [1.165, 1.54) is 0 Å². The van der Waals surface area contributed by atoms with Crippen molar-refractivity contribution in [3.63, 3.8) is 0 Å². The number of rotatable bonds is 7. The summed E-state index contributed by atoms with van der Waals surface area (Å²) in [4.78, 5) is 32.4. The number of hydrogen-bond donors (Lipinski definition) is 2. The molecule has 1 saturated heterocycles. The fourth-order valence-electron chi connectivity index (χ4n) is 3.03. The molecule has 0 bridgehead atoms. The highest BCUT2D eigenvalue weighted by molar-refractivity contribution is 8.18. The topological polar surface area (TPSA) is 106 Å². The lowest BCUT2D eigenvalue weighted by Gasteiger charge is -2.11. The molecule has 3 aromatic rings. The van der Waals surface area contributed by atoms with Crippen molar-refractivity contribution in [2.45, 2.75) is 33.3 Å². The number of anilines is 1. The first kappa shape index (κ1) is 20.9. The van der Waals surface area contributed by atoms with Gasteiger partial charge < -0.3 is 14.5 Å². The van der Waals surface area contributed by atoms with Crippen molar-refractivity contribution in [2.75, 3.05) is 11.9 Å². The Kier molecular flexibility index (Phi) is 5.94. The number of carbonyl (C=O) groups is 2. The van der Waals surface area contributed by atoms with Crippen molar-refractivity contribution in [1.82, 2.24) is 15.3 Å². The quantitative estimate of drug-likeness (QED) is 0.506. The molecule has 2 aromatic heterocycles. The zero-order valence-corrected chi connectivity index (χ0v) is 18.2. The van der Waals surface area contributed by atoms with Crippen LogP contribution in [0.4, 0.5) is 10.8 Å². The number of nitrogens with one attached hydrogen (secondary N) is 2. The van der Waals surface area contributed by atoms with Crippen LogP contribution >= 0.6 is 11.8 Å². The monoisotopic (exact) mass is 438 g/mol. The van der Waals surface area contributed by atoms with Crippen LogP contribution in [0.5, 0.6) is 5.75 Å². The molecule has 0 radical (unpaired) electrons. The summed E-state index contributed by atoms with van der Waals surface area (Å²) >= 11 is 0.879. The van der Waals surface area contributed by atoms with E-state index in [0.29, 0.717) is 27.8 Å². The van der Waals surface area contributed by atoms with Crippen molar-refractivity contribution < 1.29 is 18.7 Å². The number of ether oxygens (including phenoxy) is 1. The van der Waals surface area contributed by atoms with Crippen molar-refractivity contribution in [3.8, 4) is 17.0 Å². The zero-order valence-electron chi connectivity index (χ0n) is 17.4. The van der Waals surface area contributed by atoms with Crippen molar-refractivity contribution >= 4 is 46.1 Å². The van der Waals surface area contributed by atoms with Gasteiger partial charge in [0.25, 0.3) is 17.2 Å². The highest BCUT2D eigenvalue weighted by Crippen LogP contribution is 2.34. The standard InChI is InChI=1S/C22H22N4O4S/c1-4-7-23-21-25-16-9-14(10-17(19(16)30-21)29-12(2)3)15-6-5-13(11-24-15)8-18-20(27)26-22(28)31-18/h5-6,8-12H,4,7H2,1-3H3,(H,23,25)(H,26,27,28). The third-order valence-electron chi connectivity index (χ3n) is 4.37. The number of nitrogens with zero attached hydrogens (tertiary/aromatic N) is 2. The van der Waals surface area contributed by atoms with Crippen LogP contribution in [0, 0.1) is 0 Å². The predicted octanol–water partition coefficient (Wildman–Crippen LogP) is 4.82. The van der Waals surface area contributed by atoms with Gasteiger partial charge in [-0.2, -0.15) is 4.98 Å². The van der Waals surface area contributed by atoms with Crippen LogP contribution in [0.25, 0.3) is 28.4 Å². The molecule has 1 aliphatic rings. The van der Waals surface area contributed by atoms with E-state index in [1.807, 2.05) is 38.1 Å². The molecule has 0 unspecified atom stereocenters. The Morgan fingerprint density at radius 2 is 2.13 bits per heavy atom. The Bertz CT molecular complexity index is 1170. The highest BCUT2D eigenvalue weighted by atomic mass is 32.2. The Hall–Kier alpha value is -3.33. The van der Waals surface area contributed by atoms with Crippen molar-refractivity contribution in [3.05, 3.63) is 40.9 Å². The molecular weight excluding hydrogens is 416 g/mol. The van der Waals surface area contributed by atoms with E-state index in [1.54, 1.807) is 12.3 Å². The van der Waals surface area contributed by atoms with Gasteiger partial charge in [0.2, 0.25) is 0 Å². The Morgan fingerprint density at radius 1 is 1.29 bits per heavy atom. The lowest BCUT2D eigenvalue weighted by atomic mass is 10.1. The van der Waals surface area contributed by atoms with Crippen molar-refractivity contribution in [2.24, 2.45) is 0 Å². The highest BCUT2D eigenvalue weighted by Gasteiger charge is 2.25. The van der Waals surface area contributed by atoms with E-state index >= 15 is 0 Å². The van der Waals surface area contributed by atoms with Crippen molar-refractivity contribution in [1.29, 1.82) is 0 Å². The molecule has 0 spiro atoms.